The summed E-state index contributed by atoms with van der Waals surface area (Å²) in [6.07, 6.45) is 14.2. The van der Waals surface area contributed by atoms with Gasteiger partial charge in [0.2, 0.25) is 0 Å². The highest BCUT2D eigenvalue weighted by Gasteiger charge is 2.24. The molecule has 0 spiro atoms. The molecule has 0 N–H and O–H groups in total. The summed E-state index contributed by atoms with van der Waals surface area (Å²) in [7, 11) is 0. The Kier molecular flexibility index (Phi) is 7.80. The van der Waals surface area contributed by atoms with E-state index in [1.165, 1.54) is 50.7 Å². The van der Waals surface area contributed by atoms with E-state index < -0.39 is 11.9 Å². The molecule has 4 nitrogen and oxygen atoms in total. The Morgan fingerprint density at radius 2 is 1.04 bits per heavy atom. The summed E-state index contributed by atoms with van der Waals surface area (Å²) in [6.45, 7) is 3.90. The summed E-state index contributed by atoms with van der Waals surface area (Å²) in [4.78, 5) is 23.7. The molecule has 2 aliphatic rings. The molecule has 0 aromatic heterocycles. The zero-order valence-electron chi connectivity index (χ0n) is 15.2. The van der Waals surface area contributed by atoms with E-state index in [1.807, 2.05) is 13.8 Å². The molecule has 0 saturated heterocycles. The van der Waals surface area contributed by atoms with Gasteiger partial charge in [0.25, 0.3) is 0 Å². The first-order chi connectivity index (χ1) is 11.6. The molecule has 2 saturated carbocycles. The van der Waals surface area contributed by atoms with E-state index in [0.717, 1.165) is 25.7 Å². The molecule has 4 heteroatoms. The molecule has 136 valence electrons. The SMILES string of the molecule is CC(OC(=O)C=CC(=O)OC(C)C1CCCCC1)C1CCCCC1. The summed E-state index contributed by atoms with van der Waals surface area (Å²) in [5.41, 5.74) is 0. The van der Waals surface area contributed by atoms with Crippen LogP contribution in [0.15, 0.2) is 12.2 Å². The summed E-state index contributed by atoms with van der Waals surface area (Å²) in [5.74, 6) is 0.00874. The van der Waals surface area contributed by atoms with Gasteiger partial charge < -0.3 is 9.47 Å². The van der Waals surface area contributed by atoms with Gasteiger partial charge in [-0.25, -0.2) is 9.59 Å². The minimum atomic E-state index is -0.449. The van der Waals surface area contributed by atoms with Gasteiger partial charge in [-0.2, -0.15) is 0 Å². The van der Waals surface area contributed by atoms with Gasteiger partial charge in [0, 0.05) is 12.2 Å². The molecule has 2 atom stereocenters. The van der Waals surface area contributed by atoms with E-state index in [4.69, 9.17) is 9.47 Å². The molecule has 0 aromatic rings. The van der Waals surface area contributed by atoms with Crippen LogP contribution in [-0.2, 0) is 19.1 Å². The third kappa shape index (κ3) is 6.29. The summed E-state index contributed by atoms with van der Waals surface area (Å²) >= 11 is 0. The molecule has 0 amide bonds. The quantitative estimate of drug-likeness (QED) is 0.527. The molecular weight excluding hydrogens is 304 g/mol. The second-order valence-electron chi connectivity index (χ2n) is 7.41. The predicted molar refractivity (Wildman–Crippen MR) is 93.4 cm³/mol. The van der Waals surface area contributed by atoms with E-state index in [2.05, 4.69) is 0 Å². The molecule has 2 unspecified atom stereocenters. The van der Waals surface area contributed by atoms with Crippen molar-refractivity contribution in [2.75, 3.05) is 0 Å². The second kappa shape index (κ2) is 9.85. The second-order valence-corrected chi connectivity index (χ2v) is 7.41. The highest BCUT2D eigenvalue weighted by Crippen LogP contribution is 2.28. The number of carbonyl (C=O) groups is 2. The van der Waals surface area contributed by atoms with Crippen LogP contribution < -0.4 is 0 Å². The predicted octanol–water partition coefficient (Wildman–Crippen LogP) is 4.57. The van der Waals surface area contributed by atoms with Crippen LogP contribution in [0.4, 0.5) is 0 Å². The van der Waals surface area contributed by atoms with Gasteiger partial charge in [-0.3, -0.25) is 0 Å². The lowest BCUT2D eigenvalue weighted by atomic mass is 9.86. The maximum Gasteiger partial charge on any atom is 0.331 e. The first kappa shape index (κ1) is 19.0. The van der Waals surface area contributed by atoms with E-state index in [9.17, 15) is 9.59 Å². The van der Waals surface area contributed by atoms with E-state index in [1.54, 1.807) is 0 Å². The fourth-order valence-corrected chi connectivity index (χ4v) is 3.98. The first-order valence-electron chi connectivity index (χ1n) is 9.65. The maximum absolute atomic E-state index is 11.9. The van der Waals surface area contributed by atoms with Crippen LogP contribution >= 0.6 is 0 Å². The van der Waals surface area contributed by atoms with Crippen LogP contribution in [0.25, 0.3) is 0 Å². The minimum Gasteiger partial charge on any atom is -0.459 e. The highest BCUT2D eigenvalue weighted by atomic mass is 16.5. The van der Waals surface area contributed by atoms with Gasteiger partial charge in [0.15, 0.2) is 0 Å². The maximum atomic E-state index is 11.9. The van der Waals surface area contributed by atoms with Crippen molar-refractivity contribution >= 4 is 11.9 Å². The molecule has 0 bridgehead atoms. The number of hydrogen-bond acceptors (Lipinski definition) is 4. The molecule has 24 heavy (non-hydrogen) atoms. The lowest BCUT2D eigenvalue weighted by molar-refractivity contribution is -0.148. The Labute approximate surface area is 146 Å². The fraction of sp³-hybridized carbons (Fsp3) is 0.800. The Morgan fingerprint density at radius 1 is 0.708 bits per heavy atom. The van der Waals surface area contributed by atoms with E-state index in [0.29, 0.717) is 11.8 Å². The number of ether oxygens (including phenoxy) is 2. The van der Waals surface area contributed by atoms with Crippen molar-refractivity contribution in [3.05, 3.63) is 12.2 Å². The van der Waals surface area contributed by atoms with Crippen LogP contribution in [0.3, 0.4) is 0 Å². The van der Waals surface area contributed by atoms with Crippen molar-refractivity contribution in [3.8, 4) is 0 Å². The van der Waals surface area contributed by atoms with Crippen molar-refractivity contribution in [1.29, 1.82) is 0 Å². The standard InChI is InChI=1S/C20H32O4/c1-15(17-9-5-3-6-10-17)23-19(21)13-14-20(22)24-16(2)18-11-7-4-8-12-18/h13-18H,3-12H2,1-2H3. The van der Waals surface area contributed by atoms with Crippen molar-refractivity contribution in [2.45, 2.75) is 90.3 Å². The highest BCUT2D eigenvalue weighted by molar-refractivity contribution is 5.91. The summed E-state index contributed by atoms with van der Waals surface area (Å²) < 4.78 is 10.9. The molecule has 2 aliphatic carbocycles. The molecular formula is C20H32O4. The topological polar surface area (TPSA) is 52.6 Å². The lowest BCUT2D eigenvalue weighted by Gasteiger charge is -2.27. The smallest absolute Gasteiger partial charge is 0.331 e. The number of hydrogen-bond donors (Lipinski definition) is 0. The van der Waals surface area contributed by atoms with Crippen LogP contribution in [-0.4, -0.2) is 24.1 Å². The molecule has 2 fully saturated rings. The van der Waals surface area contributed by atoms with Crippen LogP contribution in [0, 0.1) is 11.8 Å². The van der Waals surface area contributed by atoms with Gasteiger partial charge in [-0.15, -0.1) is 0 Å². The van der Waals surface area contributed by atoms with E-state index in [-0.39, 0.29) is 12.2 Å². The van der Waals surface area contributed by atoms with Gasteiger partial charge in [-0.1, -0.05) is 38.5 Å². The molecule has 0 aromatic carbocycles. The van der Waals surface area contributed by atoms with Gasteiger partial charge in [0.1, 0.15) is 12.2 Å². The Balaban J connectivity index is 1.70. The number of esters is 2. The molecule has 0 aliphatic heterocycles. The molecule has 0 heterocycles. The lowest BCUT2D eigenvalue weighted by Crippen LogP contribution is -2.26. The average molecular weight is 336 g/mol. The number of carbonyl (C=O) groups excluding carboxylic acids is 2. The first-order valence-corrected chi connectivity index (χ1v) is 9.65. The largest absolute Gasteiger partial charge is 0.459 e. The average Bonchev–Trinajstić information content (AvgIpc) is 2.61. The monoisotopic (exact) mass is 336 g/mol. The minimum absolute atomic E-state index is 0.0837. The summed E-state index contributed by atoms with van der Waals surface area (Å²) in [6, 6.07) is 0. The third-order valence-corrected chi connectivity index (χ3v) is 5.59. The van der Waals surface area contributed by atoms with E-state index >= 15 is 0 Å². The van der Waals surface area contributed by atoms with Gasteiger partial charge >= 0.3 is 11.9 Å². The summed E-state index contributed by atoms with van der Waals surface area (Å²) in [5, 5.41) is 0. The molecule has 0 radical (unpaired) electrons. The normalized spacial score (nSPS) is 22.9. The van der Waals surface area contributed by atoms with Crippen molar-refractivity contribution < 1.29 is 19.1 Å². The van der Waals surface area contributed by atoms with Crippen molar-refractivity contribution in [2.24, 2.45) is 11.8 Å². The van der Waals surface area contributed by atoms with Crippen LogP contribution in [0.1, 0.15) is 78.1 Å². The third-order valence-electron chi connectivity index (χ3n) is 5.59. The zero-order chi connectivity index (χ0) is 17.4. The van der Waals surface area contributed by atoms with Crippen molar-refractivity contribution in [3.63, 3.8) is 0 Å². The Hall–Kier alpha value is -1.32. The van der Waals surface area contributed by atoms with Gasteiger partial charge in [0.05, 0.1) is 0 Å². The zero-order valence-corrected chi connectivity index (χ0v) is 15.2. The van der Waals surface area contributed by atoms with Crippen LogP contribution in [0.2, 0.25) is 0 Å². The Morgan fingerprint density at radius 3 is 1.38 bits per heavy atom. The number of rotatable bonds is 6. The molecule has 2 rings (SSSR count). The van der Waals surface area contributed by atoms with Crippen LogP contribution in [0.5, 0.6) is 0 Å². The van der Waals surface area contributed by atoms with Gasteiger partial charge in [-0.05, 0) is 51.4 Å². The Bertz CT molecular complexity index is 391. The fourth-order valence-electron chi connectivity index (χ4n) is 3.98. The van der Waals surface area contributed by atoms with Crippen molar-refractivity contribution in [1.82, 2.24) is 0 Å².